The fourth-order valence-electron chi connectivity index (χ4n) is 10.5. The number of hydrogen-bond acceptors (Lipinski definition) is 35. The van der Waals surface area contributed by atoms with Crippen molar-refractivity contribution in [3.8, 4) is 0 Å². The molecule has 35 atom stereocenters. The first-order valence-electron chi connectivity index (χ1n) is 24.7. The number of ether oxygens (including phenoxy) is 14. The van der Waals surface area contributed by atoms with Crippen LogP contribution >= 0.6 is 0 Å². The van der Waals surface area contributed by atoms with Crippen LogP contribution in [0.15, 0.2) is 0 Å². The van der Waals surface area contributed by atoms with Crippen molar-refractivity contribution in [2.24, 2.45) is 5.73 Å². The molecule has 22 N–H and O–H groups in total. The molecule has 0 aromatic carbocycles. The Morgan fingerprint density at radius 2 is 0.338 bits per heavy atom. The molecule has 0 amide bonds. The molecule has 77 heavy (non-hydrogen) atoms. The van der Waals surface area contributed by atoms with E-state index in [2.05, 4.69) is 0 Å². The fourth-order valence-corrected chi connectivity index (χ4v) is 10.5. The van der Waals surface area contributed by atoms with Crippen molar-refractivity contribution in [1.29, 1.82) is 0 Å². The van der Waals surface area contributed by atoms with Crippen LogP contribution in [0.25, 0.3) is 0 Å². The van der Waals surface area contributed by atoms with E-state index in [0.29, 0.717) is 0 Å². The lowest BCUT2D eigenvalue weighted by Gasteiger charge is -2.50. The van der Waals surface area contributed by atoms with Gasteiger partial charge in [0.2, 0.25) is 0 Å². The zero-order valence-corrected chi connectivity index (χ0v) is 40.4. The summed E-state index contributed by atoms with van der Waals surface area (Å²) in [5, 5.41) is 219. The van der Waals surface area contributed by atoms with Gasteiger partial charge in [0.1, 0.15) is 165 Å². The molecule has 0 spiro atoms. The van der Waals surface area contributed by atoms with Crippen LogP contribution in [0.4, 0.5) is 0 Å². The smallest absolute Gasteiger partial charge is 0.187 e. The Balaban J connectivity index is 1.08. The van der Waals surface area contributed by atoms with Crippen molar-refractivity contribution in [1.82, 2.24) is 0 Å². The van der Waals surface area contributed by atoms with E-state index in [1.54, 1.807) is 0 Å². The molecule has 15 saturated heterocycles. The summed E-state index contributed by atoms with van der Waals surface area (Å²) in [6.07, 6.45) is -66.7. The molecule has 0 radical (unpaired) electrons. The molecule has 0 aromatic heterocycles. The lowest BCUT2D eigenvalue weighted by atomic mass is 9.94. The Morgan fingerprint density at radius 3 is 0.506 bits per heavy atom. The predicted octanol–water partition coefficient (Wildman–Crippen LogP) is -15.3. The number of rotatable bonds is 7. The maximum Gasteiger partial charge on any atom is 0.187 e. The molecular formula is C42H71NO34. The first-order valence-corrected chi connectivity index (χ1v) is 24.7. The van der Waals surface area contributed by atoms with E-state index >= 15 is 0 Å². The van der Waals surface area contributed by atoms with Crippen LogP contribution in [0, 0.1) is 0 Å². The molecule has 448 valence electrons. The summed E-state index contributed by atoms with van der Waals surface area (Å²) in [7, 11) is 0. The van der Waals surface area contributed by atoms with Gasteiger partial charge in [-0.25, -0.2) is 0 Å². The molecule has 35 heteroatoms. The molecule has 14 bridgehead atoms. The molecule has 15 heterocycles. The average molecular weight is 1130 g/mol. The summed E-state index contributed by atoms with van der Waals surface area (Å²) in [5.74, 6) is 0. The predicted molar refractivity (Wildman–Crippen MR) is 230 cm³/mol. The first-order chi connectivity index (χ1) is 36.7. The summed E-state index contributed by atoms with van der Waals surface area (Å²) in [6, 6.07) is -1.71. The lowest BCUT2D eigenvalue weighted by molar-refractivity contribution is -0.396. The highest BCUT2D eigenvalue weighted by Crippen LogP contribution is 2.38. The van der Waals surface area contributed by atoms with E-state index < -0.39 is 261 Å². The van der Waals surface area contributed by atoms with Crippen molar-refractivity contribution >= 4 is 0 Å². The van der Waals surface area contributed by atoms with E-state index in [1.807, 2.05) is 0 Å². The minimum Gasteiger partial charge on any atom is -0.394 e. The van der Waals surface area contributed by atoms with Crippen LogP contribution in [-0.2, 0) is 66.3 Å². The van der Waals surface area contributed by atoms with E-state index in [1.165, 1.54) is 0 Å². The van der Waals surface area contributed by atoms with E-state index in [9.17, 15) is 102 Å². The molecular weight excluding hydrogens is 1060 g/mol. The van der Waals surface area contributed by atoms with Crippen LogP contribution in [0.3, 0.4) is 0 Å². The normalized spacial score (nSPS) is 55.4. The Labute approximate surface area is 434 Å². The largest absolute Gasteiger partial charge is 0.394 e. The van der Waals surface area contributed by atoms with Crippen molar-refractivity contribution in [3.05, 3.63) is 0 Å². The highest BCUT2D eigenvalue weighted by atomic mass is 16.8. The zero-order chi connectivity index (χ0) is 56.1. The van der Waals surface area contributed by atoms with Crippen molar-refractivity contribution < 1.29 is 168 Å². The minimum atomic E-state index is -2.20. The van der Waals surface area contributed by atoms with E-state index in [4.69, 9.17) is 72.0 Å². The molecule has 0 aliphatic carbocycles. The third-order valence-corrected chi connectivity index (χ3v) is 14.9. The van der Waals surface area contributed by atoms with Gasteiger partial charge in [0.05, 0.1) is 52.3 Å². The Kier molecular flexibility index (Phi) is 20.8. The second-order valence-electron chi connectivity index (χ2n) is 19.7. The first kappa shape index (κ1) is 61.7. The summed E-state index contributed by atoms with van der Waals surface area (Å²) in [6.45, 7) is -7.17. The van der Waals surface area contributed by atoms with Crippen LogP contribution in [0.2, 0.25) is 0 Å². The highest BCUT2D eigenvalue weighted by molar-refractivity contribution is 5.02. The number of fused-ring (bicyclic) bond motifs is 7. The molecule has 15 aliphatic rings. The Morgan fingerprint density at radius 1 is 0.195 bits per heavy atom. The third kappa shape index (κ3) is 12.1. The monoisotopic (exact) mass is 1130 g/mol. The zero-order valence-electron chi connectivity index (χ0n) is 40.4. The van der Waals surface area contributed by atoms with Gasteiger partial charge in [-0.2, -0.15) is 0 Å². The van der Waals surface area contributed by atoms with Gasteiger partial charge in [0, 0.05) is 0 Å². The molecule has 15 rings (SSSR count). The average Bonchev–Trinajstić information content (AvgIpc) is 3.42. The van der Waals surface area contributed by atoms with Gasteiger partial charge in [0.25, 0.3) is 0 Å². The molecule has 0 aromatic rings. The van der Waals surface area contributed by atoms with Gasteiger partial charge in [-0.05, 0) is 0 Å². The Hall–Kier alpha value is -1.40. The number of nitrogens with two attached hydrogens (primary N) is 1. The molecule has 0 saturated carbocycles. The Bertz CT molecular complexity index is 1470. The maximum absolute atomic E-state index is 11.4. The van der Waals surface area contributed by atoms with Crippen LogP contribution in [0.1, 0.15) is 0 Å². The lowest BCUT2D eigenvalue weighted by Crippen LogP contribution is -2.69. The van der Waals surface area contributed by atoms with Crippen LogP contribution in [-0.4, -0.2) is 363 Å². The highest BCUT2D eigenvalue weighted by Gasteiger charge is 2.59. The SMILES string of the molecule is N[C@@H]1[C@H]2O[C@H]3[C@H](O)[C@@H](O)[C@@H](O[C@H]4[C@H](O)[C@@H](O)[C@@H](O[C@H]5[C@H](O)[C@@H](O)[C@@H](O[C@H]6[C@@H](O)[C@H](O)[C@@H](O[C@H]7[C@@H](O)[C@H](O)[C@@H](O[C@H]8[C@@H](O)[C@H](O)[C@@H](O[C@@H]([C@H]1O)[C@@H](CO)O2)O[C@@H]8CO)O[C@@H]7CO)O[C@@H]6CO)O[C@@H]5CO)O[C@@H]4CO)O[C@@H]3CO. The number of hydrogen-bond donors (Lipinski definition) is 21. The van der Waals surface area contributed by atoms with E-state index in [-0.39, 0.29) is 0 Å². The fraction of sp³-hybridized carbons (Fsp3) is 1.00. The van der Waals surface area contributed by atoms with E-state index in [0.717, 1.165) is 0 Å². The van der Waals surface area contributed by atoms with Gasteiger partial charge in [-0.3, -0.25) is 0 Å². The van der Waals surface area contributed by atoms with Crippen molar-refractivity contribution in [2.45, 2.75) is 215 Å². The van der Waals surface area contributed by atoms with Gasteiger partial charge >= 0.3 is 0 Å². The minimum absolute atomic E-state index is 0.991. The van der Waals surface area contributed by atoms with Crippen molar-refractivity contribution in [3.63, 3.8) is 0 Å². The quantitative estimate of drug-likeness (QED) is 0.113. The topological polar surface area (TPSA) is 560 Å². The standard InChI is InChI=1S/C42H71NO34/c43-15-16(51)29-8(1-44)64-36(15)71-30-9(2-45)65-38(23(58)17(30)52)73-32-11(4-47)67-40(25(60)19(32)54)75-34-13(6-49)69-42(27(62)21(34)56)77-35-14(7-50)70-41(28(63)22(35)57)76-33-12(5-48)68-39(26(61)20(33)55)74-31-10(3-46)66-37(72-29)24(59)18(31)53/h8-42,44-63H,1-7,43H2/t8-,9-,10-,11-,12-,13-,14-,15+,16+,17-,18+,19-,20+,21-,22+,23-,24+,25-,26+,27-,28+,29-,30-,31-,32-,33-,34-,35-,36-,37-,38-,39-,40-,41-,42-/m1/s1. The van der Waals surface area contributed by atoms with Gasteiger partial charge in [-0.1, -0.05) is 0 Å². The van der Waals surface area contributed by atoms with Crippen molar-refractivity contribution in [2.75, 3.05) is 46.2 Å². The summed E-state index contributed by atoms with van der Waals surface area (Å²) in [5.41, 5.74) is 6.29. The second-order valence-corrected chi connectivity index (χ2v) is 19.7. The summed E-state index contributed by atoms with van der Waals surface area (Å²) >= 11 is 0. The van der Waals surface area contributed by atoms with Crippen LogP contribution in [0.5, 0.6) is 0 Å². The second kappa shape index (κ2) is 26.0. The van der Waals surface area contributed by atoms with Gasteiger partial charge in [0.15, 0.2) is 44.0 Å². The third-order valence-electron chi connectivity index (χ3n) is 14.9. The summed E-state index contributed by atoms with van der Waals surface area (Å²) < 4.78 is 80.0. The van der Waals surface area contributed by atoms with Crippen LogP contribution < -0.4 is 5.73 Å². The number of aliphatic hydroxyl groups excluding tert-OH is 20. The van der Waals surface area contributed by atoms with Gasteiger partial charge in [-0.15, -0.1) is 0 Å². The molecule has 15 aliphatic heterocycles. The molecule has 35 nitrogen and oxygen atoms in total. The molecule has 0 unspecified atom stereocenters. The summed E-state index contributed by atoms with van der Waals surface area (Å²) in [4.78, 5) is 0. The number of aliphatic hydroxyl groups is 20. The van der Waals surface area contributed by atoms with Gasteiger partial charge < -0.3 is 174 Å². The molecule has 15 fully saturated rings. The maximum atomic E-state index is 11.4.